The molecule has 0 fully saturated rings. The molecular formula is C16H16N4O. The number of nitrogens with one attached hydrogen (secondary N) is 1. The number of hydrogen-bond acceptors (Lipinski definition) is 3. The summed E-state index contributed by atoms with van der Waals surface area (Å²) in [4.78, 5) is 14.3. The molecule has 0 aliphatic rings. The van der Waals surface area contributed by atoms with Crippen LogP contribution < -0.4 is 11.3 Å². The van der Waals surface area contributed by atoms with Crippen molar-refractivity contribution < 1.29 is 0 Å². The molecule has 0 saturated carbocycles. The first kappa shape index (κ1) is 13.2. The molecule has 0 unspecified atom stereocenters. The molecule has 3 rings (SSSR count). The highest BCUT2D eigenvalue weighted by molar-refractivity contribution is 5.87. The lowest BCUT2D eigenvalue weighted by atomic mass is 10.0. The Morgan fingerprint density at radius 3 is 2.52 bits per heavy atom. The van der Waals surface area contributed by atoms with Crippen LogP contribution in [0.3, 0.4) is 0 Å². The van der Waals surface area contributed by atoms with Gasteiger partial charge in [0.1, 0.15) is 11.5 Å². The normalized spacial score (nSPS) is 10.8. The van der Waals surface area contributed by atoms with Gasteiger partial charge < -0.3 is 10.7 Å². The average molecular weight is 280 g/mol. The zero-order chi connectivity index (χ0) is 15.0. The summed E-state index contributed by atoms with van der Waals surface area (Å²) in [6.07, 6.45) is 0. The van der Waals surface area contributed by atoms with E-state index < -0.39 is 0 Å². The first-order valence-electron chi connectivity index (χ1n) is 6.65. The van der Waals surface area contributed by atoms with Crippen molar-refractivity contribution in [2.24, 2.45) is 7.05 Å². The molecular weight excluding hydrogens is 264 g/mol. The van der Waals surface area contributed by atoms with E-state index in [1.54, 1.807) is 17.8 Å². The molecule has 5 nitrogen and oxygen atoms in total. The van der Waals surface area contributed by atoms with Gasteiger partial charge in [0, 0.05) is 13.1 Å². The van der Waals surface area contributed by atoms with Crippen molar-refractivity contribution in [3.63, 3.8) is 0 Å². The summed E-state index contributed by atoms with van der Waals surface area (Å²) in [5.41, 5.74) is 10.3. The van der Waals surface area contributed by atoms with Crippen LogP contribution in [0.2, 0.25) is 0 Å². The predicted molar refractivity (Wildman–Crippen MR) is 83.9 cm³/mol. The van der Waals surface area contributed by atoms with Crippen molar-refractivity contribution >= 4 is 5.82 Å². The smallest absolute Gasteiger partial charge is 0.248 e. The average Bonchev–Trinajstić information content (AvgIpc) is 2.76. The third kappa shape index (κ3) is 2.33. The van der Waals surface area contributed by atoms with Crippen LogP contribution in [0.1, 0.15) is 5.56 Å². The highest BCUT2D eigenvalue weighted by Crippen LogP contribution is 2.34. The number of benzene rings is 1. The number of hydrogen-bond donors (Lipinski definition) is 2. The van der Waals surface area contributed by atoms with E-state index >= 15 is 0 Å². The molecule has 0 aliphatic carbocycles. The third-order valence-corrected chi connectivity index (χ3v) is 3.46. The number of anilines is 1. The summed E-state index contributed by atoms with van der Waals surface area (Å²) in [5.74, 6) is 0.568. The van der Waals surface area contributed by atoms with Gasteiger partial charge in [-0.25, -0.2) is 0 Å². The van der Waals surface area contributed by atoms with Gasteiger partial charge in [-0.15, -0.1) is 0 Å². The maximum Gasteiger partial charge on any atom is 0.248 e. The van der Waals surface area contributed by atoms with Crippen LogP contribution in [-0.2, 0) is 7.05 Å². The molecule has 0 radical (unpaired) electrons. The molecule has 0 aliphatic heterocycles. The summed E-state index contributed by atoms with van der Waals surface area (Å²) < 4.78 is 1.62. The molecule has 2 heterocycles. The minimum Gasteiger partial charge on any atom is -0.383 e. The quantitative estimate of drug-likeness (QED) is 0.756. The third-order valence-electron chi connectivity index (χ3n) is 3.46. The van der Waals surface area contributed by atoms with E-state index in [2.05, 4.69) is 10.1 Å². The number of rotatable bonds is 2. The predicted octanol–water partition coefficient (Wildman–Crippen LogP) is 2.33. The maximum absolute atomic E-state index is 11.5. The van der Waals surface area contributed by atoms with Gasteiger partial charge in [-0.1, -0.05) is 35.9 Å². The van der Waals surface area contributed by atoms with Crippen molar-refractivity contribution in [2.45, 2.75) is 6.92 Å². The van der Waals surface area contributed by atoms with Gasteiger partial charge in [-0.05, 0) is 18.6 Å². The van der Waals surface area contributed by atoms with Crippen LogP contribution >= 0.6 is 0 Å². The molecule has 0 atom stereocenters. The summed E-state index contributed by atoms with van der Waals surface area (Å²) in [6, 6.07) is 13.1. The minimum atomic E-state index is -0.161. The number of aryl methyl sites for hydroxylation is 2. The lowest BCUT2D eigenvalue weighted by Crippen LogP contribution is -2.04. The molecule has 0 saturated heterocycles. The summed E-state index contributed by atoms with van der Waals surface area (Å²) >= 11 is 0. The SMILES string of the molecule is Cc1ccc(-c2c(-c3cccc(=O)[nH]3)nn(C)c2N)cc1. The van der Waals surface area contributed by atoms with E-state index in [0.29, 0.717) is 17.2 Å². The molecule has 0 spiro atoms. The van der Waals surface area contributed by atoms with Crippen molar-refractivity contribution in [2.75, 3.05) is 5.73 Å². The fourth-order valence-electron chi connectivity index (χ4n) is 2.32. The topological polar surface area (TPSA) is 76.7 Å². The number of aromatic amines is 1. The first-order valence-corrected chi connectivity index (χ1v) is 6.65. The van der Waals surface area contributed by atoms with E-state index in [1.807, 2.05) is 37.3 Å². The summed E-state index contributed by atoms with van der Waals surface area (Å²) in [7, 11) is 1.79. The second-order valence-electron chi connectivity index (χ2n) is 5.03. The number of pyridine rings is 1. The molecule has 0 amide bonds. The van der Waals surface area contributed by atoms with Crippen LogP contribution in [0.25, 0.3) is 22.5 Å². The van der Waals surface area contributed by atoms with E-state index in [-0.39, 0.29) is 5.56 Å². The number of nitrogens with zero attached hydrogens (tertiary/aromatic N) is 2. The number of H-pyrrole nitrogens is 1. The first-order chi connectivity index (χ1) is 10.1. The van der Waals surface area contributed by atoms with E-state index in [4.69, 9.17) is 5.73 Å². The number of nitrogen functional groups attached to an aromatic ring is 1. The molecule has 106 valence electrons. The summed E-state index contributed by atoms with van der Waals surface area (Å²) in [6.45, 7) is 2.03. The second-order valence-corrected chi connectivity index (χ2v) is 5.03. The zero-order valence-corrected chi connectivity index (χ0v) is 11.9. The molecule has 21 heavy (non-hydrogen) atoms. The lowest BCUT2D eigenvalue weighted by Gasteiger charge is -2.05. The van der Waals surface area contributed by atoms with Crippen LogP contribution in [-0.4, -0.2) is 14.8 Å². The van der Waals surface area contributed by atoms with Gasteiger partial charge in [0.05, 0.1) is 11.3 Å². The minimum absolute atomic E-state index is 0.161. The van der Waals surface area contributed by atoms with Crippen molar-refractivity contribution in [1.82, 2.24) is 14.8 Å². The summed E-state index contributed by atoms with van der Waals surface area (Å²) in [5, 5.41) is 4.44. The number of aromatic nitrogens is 3. The number of nitrogens with two attached hydrogens (primary N) is 1. The van der Waals surface area contributed by atoms with Gasteiger partial charge >= 0.3 is 0 Å². The monoisotopic (exact) mass is 280 g/mol. The fraction of sp³-hybridized carbons (Fsp3) is 0.125. The Balaban J connectivity index is 2.25. The van der Waals surface area contributed by atoms with Gasteiger partial charge in [-0.2, -0.15) is 5.10 Å². The molecule has 3 aromatic rings. The standard InChI is InChI=1S/C16H16N4O/c1-10-6-8-11(9-7-10)14-15(19-20(2)16(14)17)12-4-3-5-13(21)18-12/h3-9H,17H2,1-2H3,(H,18,21). The molecule has 1 aromatic carbocycles. The van der Waals surface area contributed by atoms with Gasteiger partial charge in [-0.3, -0.25) is 9.48 Å². The molecule has 2 aromatic heterocycles. The van der Waals surface area contributed by atoms with Gasteiger partial charge in [0.15, 0.2) is 0 Å². The van der Waals surface area contributed by atoms with E-state index in [9.17, 15) is 4.79 Å². The van der Waals surface area contributed by atoms with Crippen LogP contribution in [0, 0.1) is 6.92 Å². The molecule has 3 N–H and O–H groups in total. The molecule has 5 heteroatoms. The van der Waals surface area contributed by atoms with E-state index in [0.717, 1.165) is 11.1 Å². The second kappa shape index (κ2) is 4.94. The Kier molecular flexibility index (Phi) is 3.10. The zero-order valence-electron chi connectivity index (χ0n) is 11.9. The van der Waals surface area contributed by atoms with Crippen molar-refractivity contribution in [3.8, 4) is 22.5 Å². The Morgan fingerprint density at radius 1 is 1.14 bits per heavy atom. The van der Waals surface area contributed by atoms with Gasteiger partial charge in [0.2, 0.25) is 5.56 Å². The maximum atomic E-state index is 11.5. The van der Waals surface area contributed by atoms with E-state index in [1.165, 1.54) is 11.6 Å². The van der Waals surface area contributed by atoms with Crippen molar-refractivity contribution in [3.05, 3.63) is 58.4 Å². The lowest BCUT2D eigenvalue weighted by molar-refractivity contribution is 0.781. The highest BCUT2D eigenvalue weighted by Gasteiger charge is 2.17. The van der Waals surface area contributed by atoms with Crippen LogP contribution in [0.5, 0.6) is 0 Å². The highest BCUT2D eigenvalue weighted by atomic mass is 16.1. The Bertz CT molecular complexity index is 843. The van der Waals surface area contributed by atoms with Crippen LogP contribution in [0.4, 0.5) is 5.82 Å². The Morgan fingerprint density at radius 2 is 1.86 bits per heavy atom. The van der Waals surface area contributed by atoms with Gasteiger partial charge in [0.25, 0.3) is 0 Å². The van der Waals surface area contributed by atoms with Crippen molar-refractivity contribution in [1.29, 1.82) is 0 Å². The largest absolute Gasteiger partial charge is 0.383 e. The Hall–Kier alpha value is -2.82. The fourth-order valence-corrected chi connectivity index (χ4v) is 2.32. The molecule has 0 bridgehead atoms. The van der Waals surface area contributed by atoms with Crippen LogP contribution in [0.15, 0.2) is 47.3 Å². The Labute approximate surface area is 122 Å².